The van der Waals surface area contributed by atoms with Crippen LogP contribution < -0.4 is 5.73 Å². The third-order valence-electron chi connectivity index (χ3n) is 5.20. The standard InChI is InChI=1S/C18H34N2O2/c1-5-16-15(13-9-7-6-8-10-13)11-14(19)12-20(16)17(21)22-18(2,3)4/h13-16H,5-12,19H2,1-4H3. The van der Waals surface area contributed by atoms with Gasteiger partial charge in [-0.3, -0.25) is 0 Å². The number of amides is 1. The van der Waals surface area contributed by atoms with Crippen molar-refractivity contribution in [2.45, 2.75) is 90.3 Å². The van der Waals surface area contributed by atoms with Crippen LogP contribution in [0.4, 0.5) is 4.79 Å². The Bertz CT molecular complexity index is 372. The van der Waals surface area contributed by atoms with Gasteiger partial charge in [-0.2, -0.15) is 0 Å². The number of piperidine rings is 1. The maximum Gasteiger partial charge on any atom is 0.410 e. The molecule has 22 heavy (non-hydrogen) atoms. The van der Waals surface area contributed by atoms with E-state index in [0.717, 1.165) is 18.8 Å². The number of carbonyl (C=O) groups excluding carboxylic acids is 1. The van der Waals surface area contributed by atoms with Crippen molar-refractivity contribution in [2.75, 3.05) is 6.54 Å². The molecule has 0 aromatic carbocycles. The molecular weight excluding hydrogens is 276 g/mol. The Kier molecular flexibility index (Phi) is 5.76. The third kappa shape index (κ3) is 4.37. The molecule has 1 aliphatic heterocycles. The molecule has 0 spiro atoms. The predicted molar refractivity (Wildman–Crippen MR) is 89.7 cm³/mol. The minimum atomic E-state index is -0.447. The summed E-state index contributed by atoms with van der Waals surface area (Å²) in [5.74, 6) is 1.27. The van der Waals surface area contributed by atoms with Gasteiger partial charge in [0.05, 0.1) is 0 Å². The highest BCUT2D eigenvalue weighted by molar-refractivity contribution is 5.69. The number of hydrogen-bond donors (Lipinski definition) is 1. The molecule has 1 saturated heterocycles. The highest BCUT2D eigenvalue weighted by Gasteiger charge is 2.41. The normalized spacial score (nSPS) is 31.1. The van der Waals surface area contributed by atoms with Gasteiger partial charge in [-0.1, -0.05) is 39.0 Å². The lowest BCUT2D eigenvalue weighted by molar-refractivity contribution is -0.0148. The van der Waals surface area contributed by atoms with Crippen LogP contribution in [0.15, 0.2) is 0 Å². The molecule has 1 saturated carbocycles. The van der Waals surface area contributed by atoms with Gasteiger partial charge in [-0.15, -0.1) is 0 Å². The van der Waals surface area contributed by atoms with Crippen LogP contribution in [0.3, 0.4) is 0 Å². The molecule has 0 aromatic rings. The molecule has 3 unspecified atom stereocenters. The second-order valence-corrected chi connectivity index (χ2v) is 8.17. The fourth-order valence-corrected chi connectivity index (χ4v) is 4.32. The summed E-state index contributed by atoms with van der Waals surface area (Å²) < 4.78 is 5.62. The number of ether oxygens (including phenoxy) is 1. The maximum atomic E-state index is 12.6. The largest absolute Gasteiger partial charge is 0.444 e. The van der Waals surface area contributed by atoms with Gasteiger partial charge < -0.3 is 15.4 Å². The molecule has 2 rings (SSSR count). The molecule has 4 nitrogen and oxygen atoms in total. The lowest BCUT2D eigenvalue weighted by atomic mass is 9.71. The van der Waals surface area contributed by atoms with Crippen molar-refractivity contribution >= 4 is 6.09 Å². The first kappa shape index (κ1) is 17.6. The summed E-state index contributed by atoms with van der Waals surface area (Å²) in [5.41, 5.74) is 5.84. The number of rotatable bonds is 2. The van der Waals surface area contributed by atoms with Crippen LogP contribution in [0.2, 0.25) is 0 Å². The first-order valence-electron chi connectivity index (χ1n) is 9.07. The number of likely N-dealkylation sites (tertiary alicyclic amines) is 1. The van der Waals surface area contributed by atoms with E-state index < -0.39 is 5.60 Å². The number of nitrogens with two attached hydrogens (primary N) is 1. The minimum Gasteiger partial charge on any atom is -0.444 e. The second-order valence-electron chi connectivity index (χ2n) is 8.17. The van der Waals surface area contributed by atoms with Crippen molar-refractivity contribution in [1.29, 1.82) is 0 Å². The van der Waals surface area contributed by atoms with Crippen LogP contribution in [-0.2, 0) is 4.74 Å². The molecule has 1 heterocycles. The fourth-order valence-electron chi connectivity index (χ4n) is 4.32. The van der Waals surface area contributed by atoms with Crippen molar-refractivity contribution < 1.29 is 9.53 Å². The quantitative estimate of drug-likeness (QED) is 0.840. The Morgan fingerprint density at radius 1 is 1.23 bits per heavy atom. The molecule has 3 atom stereocenters. The van der Waals surface area contributed by atoms with E-state index in [1.165, 1.54) is 32.1 Å². The van der Waals surface area contributed by atoms with Gasteiger partial charge in [0.15, 0.2) is 0 Å². The zero-order valence-electron chi connectivity index (χ0n) is 14.8. The Morgan fingerprint density at radius 2 is 1.86 bits per heavy atom. The van der Waals surface area contributed by atoms with Crippen LogP contribution in [0.5, 0.6) is 0 Å². The van der Waals surface area contributed by atoms with Gasteiger partial charge in [0.2, 0.25) is 0 Å². The van der Waals surface area contributed by atoms with Crippen molar-refractivity contribution in [3.05, 3.63) is 0 Å². The summed E-state index contributed by atoms with van der Waals surface area (Å²) in [7, 11) is 0. The zero-order valence-corrected chi connectivity index (χ0v) is 14.8. The summed E-state index contributed by atoms with van der Waals surface area (Å²) in [6.45, 7) is 8.60. The highest BCUT2D eigenvalue weighted by Crippen LogP contribution is 2.39. The lowest BCUT2D eigenvalue weighted by Gasteiger charge is -2.47. The van der Waals surface area contributed by atoms with Crippen LogP contribution in [0.25, 0.3) is 0 Å². The van der Waals surface area contributed by atoms with Crippen LogP contribution >= 0.6 is 0 Å². The number of carbonyl (C=O) groups is 1. The van der Waals surface area contributed by atoms with E-state index in [2.05, 4.69) is 6.92 Å². The van der Waals surface area contributed by atoms with Gasteiger partial charge in [0.1, 0.15) is 5.60 Å². The Labute approximate surface area is 135 Å². The van der Waals surface area contributed by atoms with E-state index in [9.17, 15) is 4.79 Å². The maximum absolute atomic E-state index is 12.6. The Hall–Kier alpha value is -0.770. The molecule has 2 aliphatic rings. The highest BCUT2D eigenvalue weighted by atomic mass is 16.6. The summed E-state index contributed by atoms with van der Waals surface area (Å²) in [4.78, 5) is 14.5. The van der Waals surface area contributed by atoms with Crippen molar-refractivity contribution in [2.24, 2.45) is 17.6 Å². The van der Waals surface area contributed by atoms with E-state index >= 15 is 0 Å². The van der Waals surface area contributed by atoms with E-state index in [1.54, 1.807) is 0 Å². The van der Waals surface area contributed by atoms with Gasteiger partial charge >= 0.3 is 6.09 Å². The van der Waals surface area contributed by atoms with Gasteiger partial charge in [-0.05, 0) is 45.4 Å². The molecule has 0 aromatic heterocycles. The predicted octanol–water partition coefficient (Wildman–Crippen LogP) is 3.93. The first-order chi connectivity index (χ1) is 10.3. The zero-order chi connectivity index (χ0) is 16.3. The minimum absolute atomic E-state index is 0.0854. The molecule has 2 fully saturated rings. The molecule has 1 aliphatic carbocycles. The molecule has 4 heteroatoms. The fraction of sp³-hybridized carbons (Fsp3) is 0.944. The summed E-state index contributed by atoms with van der Waals surface area (Å²) >= 11 is 0. The molecular formula is C18H34N2O2. The molecule has 2 N–H and O–H groups in total. The lowest BCUT2D eigenvalue weighted by Crippen LogP contribution is -2.57. The first-order valence-corrected chi connectivity index (χ1v) is 9.07. The van der Waals surface area contributed by atoms with Crippen molar-refractivity contribution in [1.82, 2.24) is 4.90 Å². The summed E-state index contributed by atoms with van der Waals surface area (Å²) in [6.07, 6.45) is 8.50. The molecule has 0 bridgehead atoms. The number of hydrogen-bond acceptors (Lipinski definition) is 3. The Morgan fingerprint density at radius 3 is 2.41 bits per heavy atom. The monoisotopic (exact) mass is 310 g/mol. The number of nitrogens with zero attached hydrogens (tertiary/aromatic N) is 1. The van der Waals surface area contributed by atoms with E-state index in [0.29, 0.717) is 12.5 Å². The van der Waals surface area contributed by atoms with Gasteiger partial charge in [0.25, 0.3) is 0 Å². The van der Waals surface area contributed by atoms with Crippen LogP contribution in [0.1, 0.15) is 72.6 Å². The average Bonchev–Trinajstić information content (AvgIpc) is 2.45. The van der Waals surface area contributed by atoms with Crippen molar-refractivity contribution in [3.8, 4) is 0 Å². The van der Waals surface area contributed by atoms with E-state index in [-0.39, 0.29) is 18.2 Å². The third-order valence-corrected chi connectivity index (χ3v) is 5.20. The van der Waals surface area contributed by atoms with Crippen molar-refractivity contribution in [3.63, 3.8) is 0 Å². The molecule has 1 amide bonds. The van der Waals surface area contributed by atoms with Crippen LogP contribution in [0, 0.1) is 11.8 Å². The smallest absolute Gasteiger partial charge is 0.410 e. The molecule has 128 valence electrons. The van der Waals surface area contributed by atoms with Gasteiger partial charge in [0, 0.05) is 18.6 Å². The SMILES string of the molecule is CCC1C(C2CCCCC2)CC(N)CN1C(=O)OC(C)(C)C. The Balaban J connectivity index is 2.12. The topological polar surface area (TPSA) is 55.6 Å². The summed E-state index contributed by atoms with van der Waals surface area (Å²) in [6, 6.07) is 0.375. The van der Waals surface area contributed by atoms with Gasteiger partial charge in [-0.25, -0.2) is 4.79 Å². The van der Waals surface area contributed by atoms with E-state index in [4.69, 9.17) is 10.5 Å². The second kappa shape index (κ2) is 7.20. The van der Waals surface area contributed by atoms with Crippen LogP contribution in [-0.4, -0.2) is 35.2 Å². The van der Waals surface area contributed by atoms with E-state index in [1.807, 2.05) is 25.7 Å². The average molecular weight is 310 g/mol. The molecule has 0 radical (unpaired) electrons. The summed E-state index contributed by atoms with van der Waals surface area (Å²) in [5, 5.41) is 0.